The van der Waals surface area contributed by atoms with Crippen molar-refractivity contribution >= 4 is 12.1 Å². The molecular weight excluding hydrogens is 190 g/mol. The Hall–Kier alpha value is -1.58. The largest absolute Gasteiger partial charge is 0.360 e. The topological polar surface area (TPSA) is 57.2 Å². The molecule has 0 fully saturated rings. The van der Waals surface area contributed by atoms with Gasteiger partial charge in [-0.05, 0) is 18.6 Å². The fourth-order valence-corrected chi connectivity index (χ4v) is 1.19. The molecule has 0 bridgehead atoms. The Morgan fingerprint density at radius 2 is 2.47 bits per heavy atom. The van der Waals surface area contributed by atoms with Gasteiger partial charge in [0.15, 0.2) is 0 Å². The average Bonchev–Trinajstić information content (AvgIpc) is 2.71. The number of aromatic amines is 1. The van der Waals surface area contributed by atoms with Crippen molar-refractivity contribution in [2.45, 2.75) is 32.6 Å². The minimum absolute atomic E-state index is 0.0220. The van der Waals surface area contributed by atoms with Crippen molar-refractivity contribution < 1.29 is 4.79 Å². The van der Waals surface area contributed by atoms with E-state index >= 15 is 0 Å². The number of aromatic nitrogens is 1. The monoisotopic (exact) mass is 207 g/mol. The Balaban J connectivity index is 2.16. The summed E-state index contributed by atoms with van der Waals surface area (Å²) in [4.78, 5) is 14.2. The number of H-pyrrole nitrogens is 1. The van der Waals surface area contributed by atoms with Crippen LogP contribution in [0.5, 0.6) is 0 Å². The van der Waals surface area contributed by atoms with Gasteiger partial charge in [-0.25, -0.2) is 5.43 Å². The number of nitrogens with zero attached hydrogens (tertiary/aromatic N) is 1. The van der Waals surface area contributed by atoms with Crippen LogP contribution in [0.4, 0.5) is 0 Å². The second-order valence-electron chi connectivity index (χ2n) is 3.38. The standard InChI is InChI=1S/C11H17N3O/c1-2-3-4-7-11(15)14-13-9-10-6-5-8-12-10/h5-6,8-9,12H,2-4,7H2,1H3,(H,14,15)/b13-9+. The van der Waals surface area contributed by atoms with Crippen LogP contribution in [-0.4, -0.2) is 17.1 Å². The van der Waals surface area contributed by atoms with Gasteiger partial charge in [-0.2, -0.15) is 5.10 Å². The summed E-state index contributed by atoms with van der Waals surface area (Å²) >= 11 is 0. The van der Waals surface area contributed by atoms with Crippen molar-refractivity contribution in [1.29, 1.82) is 0 Å². The Bertz CT molecular complexity index is 304. The zero-order valence-corrected chi connectivity index (χ0v) is 8.99. The smallest absolute Gasteiger partial charge is 0.240 e. The number of hydrogen-bond donors (Lipinski definition) is 2. The van der Waals surface area contributed by atoms with Crippen molar-refractivity contribution in [1.82, 2.24) is 10.4 Å². The number of amides is 1. The van der Waals surface area contributed by atoms with Crippen LogP contribution in [0.3, 0.4) is 0 Å². The van der Waals surface area contributed by atoms with E-state index in [9.17, 15) is 4.79 Å². The second kappa shape index (κ2) is 6.81. The molecule has 0 saturated carbocycles. The Labute approximate surface area is 89.8 Å². The zero-order valence-electron chi connectivity index (χ0n) is 8.99. The first-order valence-corrected chi connectivity index (χ1v) is 5.28. The van der Waals surface area contributed by atoms with E-state index in [4.69, 9.17) is 0 Å². The van der Waals surface area contributed by atoms with Gasteiger partial charge in [0.25, 0.3) is 0 Å². The molecule has 0 aliphatic carbocycles. The average molecular weight is 207 g/mol. The van der Waals surface area contributed by atoms with Gasteiger partial charge in [0.1, 0.15) is 0 Å². The van der Waals surface area contributed by atoms with Gasteiger partial charge in [0, 0.05) is 12.6 Å². The lowest BCUT2D eigenvalue weighted by Gasteiger charge is -1.97. The third-order valence-electron chi connectivity index (χ3n) is 2.02. The highest BCUT2D eigenvalue weighted by atomic mass is 16.2. The van der Waals surface area contributed by atoms with E-state index in [1.165, 1.54) is 0 Å². The molecule has 0 aliphatic rings. The molecule has 0 aliphatic heterocycles. The first-order chi connectivity index (χ1) is 7.33. The molecule has 15 heavy (non-hydrogen) atoms. The maximum absolute atomic E-state index is 11.2. The highest BCUT2D eigenvalue weighted by Gasteiger charge is 1.97. The normalized spacial score (nSPS) is 10.7. The van der Waals surface area contributed by atoms with E-state index < -0.39 is 0 Å². The summed E-state index contributed by atoms with van der Waals surface area (Å²) in [7, 11) is 0. The predicted molar refractivity (Wildman–Crippen MR) is 60.7 cm³/mol. The minimum Gasteiger partial charge on any atom is -0.360 e. The summed E-state index contributed by atoms with van der Waals surface area (Å²) in [5.41, 5.74) is 3.37. The van der Waals surface area contributed by atoms with Crippen molar-refractivity contribution in [3.63, 3.8) is 0 Å². The van der Waals surface area contributed by atoms with Crippen LogP contribution in [0.1, 0.15) is 38.3 Å². The molecule has 4 nitrogen and oxygen atoms in total. The minimum atomic E-state index is -0.0220. The lowest BCUT2D eigenvalue weighted by atomic mass is 10.2. The quantitative estimate of drug-likeness (QED) is 0.418. The number of carbonyl (C=O) groups is 1. The third kappa shape index (κ3) is 5.00. The summed E-state index contributed by atoms with van der Waals surface area (Å²) < 4.78 is 0. The van der Waals surface area contributed by atoms with Gasteiger partial charge >= 0.3 is 0 Å². The first kappa shape index (κ1) is 11.5. The molecule has 2 N–H and O–H groups in total. The van der Waals surface area contributed by atoms with E-state index in [1.807, 2.05) is 18.3 Å². The van der Waals surface area contributed by atoms with Gasteiger partial charge in [0.05, 0.1) is 11.9 Å². The molecular formula is C11H17N3O. The van der Waals surface area contributed by atoms with Gasteiger partial charge in [-0.15, -0.1) is 0 Å². The Morgan fingerprint density at radius 3 is 3.13 bits per heavy atom. The van der Waals surface area contributed by atoms with Crippen LogP contribution < -0.4 is 5.43 Å². The van der Waals surface area contributed by atoms with Crippen LogP contribution in [0.2, 0.25) is 0 Å². The van der Waals surface area contributed by atoms with Crippen LogP contribution in [0, 0.1) is 0 Å². The Kier molecular flexibility index (Phi) is 5.22. The van der Waals surface area contributed by atoms with Crippen LogP contribution in [-0.2, 0) is 4.79 Å². The highest BCUT2D eigenvalue weighted by molar-refractivity contribution is 5.80. The second-order valence-corrected chi connectivity index (χ2v) is 3.38. The molecule has 0 atom stereocenters. The SMILES string of the molecule is CCCCCC(=O)N/N=C/c1ccc[nH]1. The predicted octanol–water partition coefficient (Wildman–Crippen LogP) is 2.05. The van der Waals surface area contributed by atoms with Crippen molar-refractivity contribution in [2.24, 2.45) is 5.10 Å². The van der Waals surface area contributed by atoms with E-state index in [0.717, 1.165) is 25.0 Å². The molecule has 82 valence electrons. The van der Waals surface area contributed by atoms with Crippen molar-refractivity contribution in [2.75, 3.05) is 0 Å². The molecule has 1 aromatic rings. The molecule has 1 rings (SSSR count). The molecule has 1 heterocycles. The van der Waals surface area contributed by atoms with Crippen molar-refractivity contribution in [3.8, 4) is 0 Å². The summed E-state index contributed by atoms with van der Waals surface area (Å²) in [6.45, 7) is 2.11. The highest BCUT2D eigenvalue weighted by Crippen LogP contribution is 1.98. The Morgan fingerprint density at radius 1 is 1.60 bits per heavy atom. The van der Waals surface area contributed by atoms with E-state index in [1.54, 1.807) is 6.21 Å². The molecule has 0 aromatic carbocycles. The number of unbranched alkanes of at least 4 members (excludes halogenated alkanes) is 2. The fourth-order valence-electron chi connectivity index (χ4n) is 1.19. The number of hydrogen-bond acceptors (Lipinski definition) is 2. The summed E-state index contributed by atoms with van der Waals surface area (Å²) in [6, 6.07) is 3.76. The molecule has 0 saturated heterocycles. The molecule has 0 unspecified atom stereocenters. The first-order valence-electron chi connectivity index (χ1n) is 5.28. The van der Waals surface area contributed by atoms with Gasteiger partial charge < -0.3 is 4.98 Å². The lowest BCUT2D eigenvalue weighted by Crippen LogP contribution is -2.16. The lowest BCUT2D eigenvalue weighted by molar-refractivity contribution is -0.121. The van der Waals surface area contributed by atoms with E-state index in [0.29, 0.717) is 6.42 Å². The zero-order chi connectivity index (χ0) is 10.9. The maximum atomic E-state index is 11.2. The van der Waals surface area contributed by atoms with E-state index in [2.05, 4.69) is 22.4 Å². The maximum Gasteiger partial charge on any atom is 0.240 e. The molecule has 0 spiro atoms. The summed E-state index contributed by atoms with van der Waals surface area (Å²) in [5.74, 6) is -0.0220. The molecule has 1 aromatic heterocycles. The molecule has 4 heteroatoms. The van der Waals surface area contributed by atoms with Crippen LogP contribution in [0.25, 0.3) is 0 Å². The van der Waals surface area contributed by atoms with Gasteiger partial charge in [0.2, 0.25) is 5.91 Å². The number of rotatable bonds is 6. The van der Waals surface area contributed by atoms with Gasteiger partial charge in [-0.3, -0.25) is 4.79 Å². The number of carbonyl (C=O) groups excluding carboxylic acids is 1. The van der Waals surface area contributed by atoms with Crippen LogP contribution >= 0.6 is 0 Å². The number of nitrogens with one attached hydrogen (secondary N) is 2. The fraction of sp³-hybridized carbons (Fsp3) is 0.455. The van der Waals surface area contributed by atoms with E-state index in [-0.39, 0.29) is 5.91 Å². The summed E-state index contributed by atoms with van der Waals surface area (Å²) in [5, 5.41) is 3.84. The van der Waals surface area contributed by atoms with Gasteiger partial charge in [-0.1, -0.05) is 19.8 Å². The summed E-state index contributed by atoms with van der Waals surface area (Å²) in [6.07, 6.45) is 7.10. The number of hydrazone groups is 1. The van der Waals surface area contributed by atoms with Crippen LogP contribution in [0.15, 0.2) is 23.4 Å². The van der Waals surface area contributed by atoms with Crippen molar-refractivity contribution in [3.05, 3.63) is 24.0 Å². The third-order valence-corrected chi connectivity index (χ3v) is 2.02. The molecule has 0 radical (unpaired) electrons. The molecule has 1 amide bonds.